The highest BCUT2D eigenvalue weighted by Gasteiger charge is 2.24. The summed E-state index contributed by atoms with van der Waals surface area (Å²) >= 11 is 0. The van der Waals surface area contributed by atoms with Gasteiger partial charge in [-0.1, -0.05) is 49.4 Å². The first-order valence-electron chi connectivity index (χ1n) is 7.58. The van der Waals surface area contributed by atoms with Crippen molar-refractivity contribution in [1.82, 2.24) is 9.88 Å². The number of nitrogens with one attached hydrogen (secondary N) is 1. The van der Waals surface area contributed by atoms with Crippen LogP contribution in [0.5, 0.6) is 0 Å². The smallest absolute Gasteiger partial charge is 0.0530 e. The van der Waals surface area contributed by atoms with E-state index in [9.17, 15) is 0 Å². The molecule has 2 aromatic carbocycles. The van der Waals surface area contributed by atoms with E-state index in [2.05, 4.69) is 65.3 Å². The molecule has 2 heteroatoms. The van der Waals surface area contributed by atoms with Crippen LogP contribution in [-0.2, 0) is 13.0 Å². The van der Waals surface area contributed by atoms with Gasteiger partial charge in [-0.05, 0) is 37.7 Å². The summed E-state index contributed by atoms with van der Waals surface area (Å²) in [5.41, 5.74) is 7.18. The first-order valence-corrected chi connectivity index (χ1v) is 7.58. The predicted molar refractivity (Wildman–Crippen MR) is 90.8 cm³/mol. The van der Waals surface area contributed by atoms with Gasteiger partial charge >= 0.3 is 0 Å². The minimum absolute atomic E-state index is 1.02. The van der Waals surface area contributed by atoms with Crippen molar-refractivity contribution in [3.63, 3.8) is 0 Å². The summed E-state index contributed by atoms with van der Waals surface area (Å²) in [6.45, 7) is 3.27. The Bertz CT molecular complexity index is 768. The fourth-order valence-corrected chi connectivity index (χ4v) is 3.26. The number of para-hydroxylation sites is 1. The molecular weight excluding hydrogens is 256 g/mol. The van der Waals surface area contributed by atoms with Crippen LogP contribution in [0.3, 0.4) is 0 Å². The Morgan fingerprint density at radius 1 is 1.00 bits per heavy atom. The largest absolute Gasteiger partial charge is 0.336 e. The Morgan fingerprint density at radius 2 is 1.67 bits per heavy atom. The van der Waals surface area contributed by atoms with Gasteiger partial charge in [0.25, 0.3) is 0 Å². The van der Waals surface area contributed by atoms with E-state index in [1.54, 1.807) is 0 Å². The molecule has 0 aliphatic carbocycles. The van der Waals surface area contributed by atoms with E-state index in [1.165, 1.54) is 33.3 Å². The molecule has 0 radical (unpaired) electrons. The summed E-state index contributed by atoms with van der Waals surface area (Å²) in [7, 11) is 3.75. The van der Waals surface area contributed by atoms with Gasteiger partial charge in [0.2, 0.25) is 0 Å². The molecule has 0 amide bonds. The van der Waals surface area contributed by atoms with Crippen LogP contribution in [0.25, 0.3) is 22.2 Å². The molecule has 0 atom stereocenters. The van der Waals surface area contributed by atoms with Gasteiger partial charge in [0, 0.05) is 23.0 Å². The zero-order valence-corrected chi connectivity index (χ0v) is 13.0. The quantitative estimate of drug-likeness (QED) is 0.555. The maximum Gasteiger partial charge on any atom is 0.0530 e. The van der Waals surface area contributed by atoms with Crippen molar-refractivity contribution in [1.29, 1.82) is 0 Å². The van der Waals surface area contributed by atoms with Crippen LogP contribution in [0.1, 0.15) is 18.1 Å². The van der Waals surface area contributed by atoms with E-state index >= 15 is 0 Å². The van der Waals surface area contributed by atoms with Crippen molar-refractivity contribution in [2.75, 3.05) is 14.1 Å². The molecule has 4 rings (SSSR count). The van der Waals surface area contributed by atoms with Crippen molar-refractivity contribution in [2.45, 2.75) is 19.9 Å². The minimum atomic E-state index is 1.02. The lowest BCUT2D eigenvalue weighted by Crippen LogP contribution is -1.91. The van der Waals surface area contributed by atoms with Gasteiger partial charge in [-0.3, -0.25) is 0 Å². The summed E-state index contributed by atoms with van der Waals surface area (Å²) in [6.07, 6.45) is 1.09. The highest BCUT2D eigenvalue weighted by molar-refractivity contribution is 5.94. The molecule has 1 N–H and O–H groups in total. The van der Waals surface area contributed by atoms with Gasteiger partial charge in [-0.25, -0.2) is 0 Å². The van der Waals surface area contributed by atoms with Gasteiger partial charge < -0.3 is 9.88 Å². The molecule has 0 bridgehead atoms. The lowest BCUT2D eigenvalue weighted by Gasteiger charge is -2.01. The number of hydrogen-bond acceptors (Lipinski definition) is 1. The third-order valence-electron chi connectivity index (χ3n) is 4.03. The lowest BCUT2D eigenvalue weighted by atomic mass is 10.0. The predicted octanol–water partition coefficient (Wildman–Crippen LogP) is 4.07. The van der Waals surface area contributed by atoms with E-state index in [0.717, 1.165) is 13.0 Å². The van der Waals surface area contributed by atoms with Crippen LogP contribution in [0.2, 0.25) is 0 Å². The number of nitrogens with zero attached hydrogens (tertiary/aromatic N) is 1. The summed E-state index contributed by atoms with van der Waals surface area (Å²) in [6, 6.07) is 17.6. The Labute approximate surface area is 126 Å². The molecule has 2 heterocycles. The molecule has 0 unspecified atom stereocenters. The molecule has 21 heavy (non-hydrogen) atoms. The van der Waals surface area contributed by atoms with E-state index in [-0.39, 0.29) is 0 Å². The summed E-state index contributed by atoms with van der Waals surface area (Å²) < 4.78 is 2.47. The van der Waals surface area contributed by atoms with E-state index in [1.807, 2.05) is 14.1 Å². The van der Waals surface area contributed by atoms with Crippen LogP contribution >= 0.6 is 0 Å². The monoisotopic (exact) mass is 278 g/mol. The first kappa shape index (κ1) is 13.9. The summed E-state index contributed by atoms with van der Waals surface area (Å²) in [5, 5.41) is 4.17. The Hall–Kier alpha value is -2.06. The molecule has 2 nitrogen and oxygen atoms in total. The second-order valence-corrected chi connectivity index (χ2v) is 5.44. The van der Waals surface area contributed by atoms with Crippen molar-refractivity contribution < 1.29 is 0 Å². The normalized spacial score (nSPS) is 11.8. The maximum absolute atomic E-state index is 2.75. The van der Waals surface area contributed by atoms with E-state index in [0.29, 0.717) is 0 Å². The van der Waals surface area contributed by atoms with Crippen molar-refractivity contribution in [3.8, 4) is 11.3 Å². The minimum Gasteiger partial charge on any atom is -0.336 e. The standard InChI is InChI=1S/C17H15N.C2H7N/c1-2-13-15-9-5-6-10-16(15)18-11-12-7-3-4-8-14(12)17(13)18;1-3-2/h3-10H,2,11H2,1H3;3H,1-2H3. The first-order chi connectivity index (χ1) is 10.3. The van der Waals surface area contributed by atoms with Gasteiger partial charge in [0.05, 0.1) is 5.69 Å². The number of fused-ring (bicyclic) bond motifs is 5. The number of aryl methyl sites for hydroxylation is 1. The molecular formula is C19H22N2. The van der Waals surface area contributed by atoms with Crippen LogP contribution in [-0.4, -0.2) is 18.7 Å². The zero-order chi connectivity index (χ0) is 14.8. The number of aromatic nitrogens is 1. The topological polar surface area (TPSA) is 17.0 Å². The van der Waals surface area contributed by atoms with Crippen LogP contribution in [0.4, 0.5) is 0 Å². The average Bonchev–Trinajstić information content (AvgIpc) is 3.02. The highest BCUT2D eigenvalue weighted by Crippen LogP contribution is 2.40. The van der Waals surface area contributed by atoms with Crippen LogP contribution < -0.4 is 5.32 Å². The van der Waals surface area contributed by atoms with Gasteiger partial charge in [-0.2, -0.15) is 0 Å². The van der Waals surface area contributed by atoms with Crippen molar-refractivity contribution >= 4 is 10.9 Å². The third-order valence-corrected chi connectivity index (χ3v) is 4.03. The number of rotatable bonds is 1. The molecule has 0 fully saturated rings. The molecule has 0 saturated heterocycles. The van der Waals surface area contributed by atoms with Gasteiger partial charge in [-0.15, -0.1) is 0 Å². The zero-order valence-electron chi connectivity index (χ0n) is 13.0. The highest BCUT2D eigenvalue weighted by atomic mass is 15.0. The molecule has 0 saturated carbocycles. The molecule has 1 aromatic heterocycles. The van der Waals surface area contributed by atoms with E-state index in [4.69, 9.17) is 0 Å². The number of benzene rings is 2. The summed E-state index contributed by atoms with van der Waals surface area (Å²) in [4.78, 5) is 0. The molecule has 1 aliphatic heterocycles. The summed E-state index contributed by atoms with van der Waals surface area (Å²) in [5.74, 6) is 0. The van der Waals surface area contributed by atoms with Crippen LogP contribution in [0.15, 0.2) is 48.5 Å². The lowest BCUT2D eigenvalue weighted by molar-refractivity contribution is 0.882. The molecule has 3 aromatic rings. The molecule has 0 spiro atoms. The van der Waals surface area contributed by atoms with Crippen molar-refractivity contribution in [3.05, 3.63) is 59.7 Å². The Balaban J connectivity index is 0.000000409. The van der Waals surface area contributed by atoms with E-state index < -0.39 is 0 Å². The SMILES string of the molecule is CCc1c2n(c3ccccc13)Cc1ccccc1-2.CNC. The van der Waals surface area contributed by atoms with Gasteiger partial charge in [0.1, 0.15) is 0 Å². The number of hydrogen-bond donors (Lipinski definition) is 1. The molecule has 108 valence electrons. The third kappa shape index (κ3) is 2.16. The molecule has 1 aliphatic rings. The van der Waals surface area contributed by atoms with Gasteiger partial charge in [0.15, 0.2) is 0 Å². The second kappa shape index (κ2) is 5.74. The second-order valence-electron chi connectivity index (χ2n) is 5.44. The fraction of sp³-hybridized carbons (Fsp3) is 0.263. The average molecular weight is 278 g/mol. The Morgan fingerprint density at radius 3 is 2.43 bits per heavy atom. The van der Waals surface area contributed by atoms with Crippen LogP contribution in [0, 0.1) is 0 Å². The van der Waals surface area contributed by atoms with Crippen molar-refractivity contribution in [2.24, 2.45) is 0 Å². The fourth-order valence-electron chi connectivity index (χ4n) is 3.26. The Kier molecular flexibility index (Phi) is 3.80. The maximum atomic E-state index is 2.75.